The molecule has 0 spiro atoms. The fourth-order valence-corrected chi connectivity index (χ4v) is 4.71. The van der Waals surface area contributed by atoms with Gasteiger partial charge in [0, 0.05) is 36.4 Å². The zero-order valence-electron chi connectivity index (χ0n) is 14.1. The minimum Gasteiger partial charge on any atom is -0.346 e. The van der Waals surface area contributed by atoms with E-state index >= 15 is 0 Å². The van der Waals surface area contributed by atoms with Gasteiger partial charge >= 0.3 is 0 Å². The highest BCUT2D eigenvalue weighted by atomic mass is 32.2. The lowest BCUT2D eigenvalue weighted by molar-refractivity contribution is 0.189. The molecule has 4 heterocycles. The van der Waals surface area contributed by atoms with E-state index in [9.17, 15) is 8.42 Å². The number of H-pyrrole nitrogens is 1. The van der Waals surface area contributed by atoms with Crippen molar-refractivity contribution < 1.29 is 8.42 Å². The summed E-state index contributed by atoms with van der Waals surface area (Å²) in [4.78, 5) is 11.6. The molecule has 0 aliphatic carbocycles. The third kappa shape index (κ3) is 2.63. The molecule has 0 radical (unpaired) electrons. The first-order valence-electron chi connectivity index (χ1n) is 8.32. The van der Waals surface area contributed by atoms with Crippen LogP contribution in [0.15, 0.2) is 31.0 Å². The molecule has 4 rings (SSSR count). The molecule has 8 nitrogen and oxygen atoms in total. The molecule has 1 saturated heterocycles. The summed E-state index contributed by atoms with van der Waals surface area (Å²) >= 11 is 0. The number of aromatic nitrogens is 5. The fraction of sp³-hybridized carbons (Fsp3) is 0.438. The lowest BCUT2D eigenvalue weighted by Gasteiger charge is -2.39. The van der Waals surface area contributed by atoms with Crippen molar-refractivity contribution in [1.82, 2.24) is 29.0 Å². The van der Waals surface area contributed by atoms with Crippen LogP contribution < -0.4 is 0 Å². The van der Waals surface area contributed by atoms with E-state index in [2.05, 4.69) is 20.1 Å². The first-order valence-corrected chi connectivity index (χ1v) is 9.82. The van der Waals surface area contributed by atoms with E-state index in [1.807, 2.05) is 30.1 Å². The van der Waals surface area contributed by atoms with Crippen molar-refractivity contribution in [2.75, 3.05) is 13.1 Å². The SMILES string of the molecule is CCC(C)S(=O)(=O)N1CC(n2cc(-c3ncnc4[nH]ccc34)cn2)C1. The van der Waals surface area contributed by atoms with E-state index in [0.717, 1.165) is 22.3 Å². The summed E-state index contributed by atoms with van der Waals surface area (Å²) in [5.74, 6) is 0. The normalized spacial score (nSPS) is 17.7. The van der Waals surface area contributed by atoms with E-state index in [0.29, 0.717) is 19.5 Å². The van der Waals surface area contributed by atoms with Gasteiger partial charge < -0.3 is 4.98 Å². The maximum absolute atomic E-state index is 12.3. The molecule has 25 heavy (non-hydrogen) atoms. The largest absolute Gasteiger partial charge is 0.346 e. The van der Waals surface area contributed by atoms with Crippen LogP contribution in [0.4, 0.5) is 0 Å². The average Bonchev–Trinajstić information content (AvgIpc) is 3.21. The van der Waals surface area contributed by atoms with Gasteiger partial charge in [0.25, 0.3) is 0 Å². The Morgan fingerprint density at radius 1 is 1.36 bits per heavy atom. The molecule has 0 amide bonds. The monoisotopic (exact) mass is 360 g/mol. The van der Waals surface area contributed by atoms with Gasteiger partial charge in [0.15, 0.2) is 0 Å². The van der Waals surface area contributed by atoms with Crippen molar-refractivity contribution in [1.29, 1.82) is 0 Å². The molecule has 1 N–H and O–H groups in total. The van der Waals surface area contributed by atoms with Gasteiger partial charge in [-0.1, -0.05) is 6.92 Å². The van der Waals surface area contributed by atoms with Gasteiger partial charge in [-0.3, -0.25) is 4.68 Å². The molecule has 0 aromatic carbocycles. The molecule has 3 aromatic rings. The summed E-state index contributed by atoms with van der Waals surface area (Å²) < 4.78 is 28.1. The van der Waals surface area contributed by atoms with Gasteiger partial charge in [-0.15, -0.1) is 0 Å². The van der Waals surface area contributed by atoms with E-state index in [1.165, 1.54) is 6.33 Å². The molecule has 9 heteroatoms. The molecular formula is C16H20N6O2S. The van der Waals surface area contributed by atoms with Crippen LogP contribution in [0.3, 0.4) is 0 Å². The number of hydrogen-bond donors (Lipinski definition) is 1. The number of hydrogen-bond acceptors (Lipinski definition) is 5. The molecule has 1 atom stereocenters. The smallest absolute Gasteiger partial charge is 0.216 e. The van der Waals surface area contributed by atoms with Crippen molar-refractivity contribution >= 4 is 21.1 Å². The van der Waals surface area contributed by atoms with Crippen LogP contribution in [0.2, 0.25) is 0 Å². The van der Waals surface area contributed by atoms with Crippen molar-refractivity contribution in [2.24, 2.45) is 0 Å². The molecule has 0 bridgehead atoms. The van der Waals surface area contributed by atoms with Crippen LogP contribution in [0.1, 0.15) is 26.3 Å². The molecular weight excluding hydrogens is 340 g/mol. The number of nitrogens with one attached hydrogen (secondary N) is 1. The highest BCUT2D eigenvalue weighted by Gasteiger charge is 2.39. The predicted octanol–water partition coefficient (Wildman–Crippen LogP) is 1.81. The topological polar surface area (TPSA) is 96.8 Å². The average molecular weight is 360 g/mol. The molecule has 1 unspecified atom stereocenters. The third-order valence-electron chi connectivity index (χ3n) is 4.88. The standard InChI is InChI=1S/C16H20N6O2S/c1-3-11(2)25(23,24)21-8-13(9-21)22-7-12(6-20-22)15-14-4-5-17-16(14)19-10-18-15/h4-7,10-11,13H,3,8-9H2,1-2H3,(H,17,18,19). The summed E-state index contributed by atoms with van der Waals surface area (Å²) in [6.45, 7) is 4.59. The highest BCUT2D eigenvalue weighted by Crippen LogP contribution is 2.29. The van der Waals surface area contributed by atoms with Gasteiger partial charge in [-0.2, -0.15) is 9.40 Å². The van der Waals surface area contributed by atoms with Gasteiger partial charge in [-0.25, -0.2) is 18.4 Å². The number of aromatic amines is 1. The number of sulfonamides is 1. The zero-order valence-corrected chi connectivity index (χ0v) is 14.9. The second-order valence-corrected chi connectivity index (χ2v) is 8.76. The molecule has 0 saturated carbocycles. The van der Waals surface area contributed by atoms with Crippen LogP contribution in [0, 0.1) is 0 Å². The minimum atomic E-state index is -3.19. The van der Waals surface area contributed by atoms with Crippen LogP contribution in [-0.4, -0.2) is 55.8 Å². The second kappa shape index (κ2) is 5.92. The summed E-state index contributed by atoms with van der Waals surface area (Å²) in [7, 11) is -3.19. The van der Waals surface area contributed by atoms with Crippen LogP contribution in [-0.2, 0) is 10.0 Å². The Morgan fingerprint density at radius 2 is 2.16 bits per heavy atom. The maximum atomic E-state index is 12.3. The number of rotatable bonds is 5. The Bertz CT molecular complexity index is 1000. The van der Waals surface area contributed by atoms with Crippen molar-refractivity contribution in [3.8, 4) is 11.3 Å². The fourth-order valence-electron chi connectivity index (χ4n) is 3.02. The zero-order chi connectivity index (χ0) is 17.6. The van der Waals surface area contributed by atoms with Crippen LogP contribution >= 0.6 is 0 Å². The van der Waals surface area contributed by atoms with Crippen molar-refractivity contribution in [3.05, 3.63) is 31.0 Å². The Kier molecular flexibility index (Phi) is 3.84. The summed E-state index contributed by atoms with van der Waals surface area (Å²) in [5.41, 5.74) is 2.50. The first kappa shape index (κ1) is 16.2. The summed E-state index contributed by atoms with van der Waals surface area (Å²) in [5, 5.41) is 5.01. The van der Waals surface area contributed by atoms with Crippen LogP contribution in [0.25, 0.3) is 22.3 Å². The Morgan fingerprint density at radius 3 is 2.92 bits per heavy atom. The highest BCUT2D eigenvalue weighted by molar-refractivity contribution is 7.89. The van der Waals surface area contributed by atoms with Crippen LogP contribution in [0.5, 0.6) is 0 Å². The third-order valence-corrected chi connectivity index (χ3v) is 7.24. The second-order valence-electron chi connectivity index (χ2n) is 6.41. The number of fused-ring (bicyclic) bond motifs is 1. The lowest BCUT2D eigenvalue weighted by Crippen LogP contribution is -2.53. The number of nitrogens with zero attached hydrogens (tertiary/aromatic N) is 5. The molecule has 1 aliphatic rings. The quantitative estimate of drug-likeness (QED) is 0.748. The Hall–Kier alpha value is -2.26. The van der Waals surface area contributed by atoms with Gasteiger partial charge in [0.1, 0.15) is 12.0 Å². The molecule has 1 fully saturated rings. The first-order chi connectivity index (χ1) is 12.0. The van der Waals surface area contributed by atoms with Crippen molar-refractivity contribution in [3.63, 3.8) is 0 Å². The predicted molar refractivity (Wildman–Crippen MR) is 94.4 cm³/mol. The lowest BCUT2D eigenvalue weighted by atomic mass is 10.1. The maximum Gasteiger partial charge on any atom is 0.216 e. The van der Waals surface area contributed by atoms with Gasteiger partial charge in [-0.05, 0) is 19.4 Å². The van der Waals surface area contributed by atoms with E-state index < -0.39 is 10.0 Å². The van der Waals surface area contributed by atoms with E-state index in [1.54, 1.807) is 17.4 Å². The Balaban J connectivity index is 1.53. The van der Waals surface area contributed by atoms with Crippen molar-refractivity contribution in [2.45, 2.75) is 31.6 Å². The van der Waals surface area contributed by atoms with Gasteiger partial charge in [0.2, 0.25) is 10.0 Å². The molecule has 132 valence electrons. The van der Waals surface area contributed by atoms with E-state index in [4.69, 9.17) is 0 Å². The summed E-state index contributed by atoms with van der Waals surface area (Å²) in [6.07, 6.45) is 7.66. The van der Waals surface area contributed by atoms with E-state index in [-0.39, 0.29) is 11.3 Å². The Labute approximate surface area is 145 Å². The summed E-state index contributed by atoms with van der Waals surface area (Å²) in [6, 6.07) is 2.00. The van der Waals surface area contributed by atoms with Gasteiger partial charge in [0.05, 0.1) is 23.2 Å². The molecule has 1 aliphatic heterocycles. The minimum absolute atomic E-state index is 0.0659. The molecule has 3 aromatic heterocycles.